The number of hydrogen-bond donors (Lipinski definition) is 1. The molecular weight excluding hydrogens is 326 g/mol. The highest BCUT2D eigenvalue weighted by molar-refractivity contribution is 7.90. The van der Waals surface area contributed by atoms with E-state index in [9.17, 15) is 22.0 Å². The van der Waals surface area contributed by atoms with Gasteiger partial charge in [-0.15, -0.1) is 0 Å². The lowest BCUT2D eigenvalue weighted by Gasteiger charge is -2.32. The van der Waals surface area contributed by atoms with Gasteiger partial charge in [-0.05, 0) is 24.6 Å². The zero-order chi connectivity index (χ0) is 17.3. The predicted octanol–water partition coefficient (Wildman–Crippen LogP) is 2.59. The number of nitrogens with zero attached hydrogens (tertiary/aromatic N) is 1. The first-order valence-corrected chi connectivity index (χ1v) is 9.21. The Morgan fingerprint density at radius 2 is 1.74 bits per heavy atom. The van der Waals surface area contributed by atoms with Gasteiger partial charge in [0.2, 0.25) is 0 Å². The molecule has 0 saturated carbocycles. The van der Waals surface area contributed by atoms with Gasteiger partial charge in [0.15, 0.2) is 9.84 Å². The van der Waals surface area contributed by atoms with Crippen molar-refractivity contribution in [3.05, 3.63) is 29.8 Å². The first-order valence-electron chi connectivity index (χ1n) is 7.32. The molecule has 1 fully saturated rings. The molecule has 1 atom stereocenters. The standard InChI is InChI=1S/C15H20F2N2O3S/c1-11(12-3-5-13(6-4-12)23(2,21)22)18-14(20)19-9-7-15(16,17)8-10-19/h3-6,11H,7-10H2,1-2H3,(H,18,20)/t11-/m0/s1. The first kappa shape index (κ1) is 17.7. The second-order valence-electron chi connectivity index (χ2n) is 5.86. The molecule has 0 bridgehead atoms. The Kier molecular flexibility index (Phi) is 4.93. The second-order valence-corrected chi connectivity index (χ2v) is 7.87. The lowest BCUT2D eigenvalue weighted by Crippen LogP contribution is -2.47. The van der Waals surface area contributed by atoms with Gasteiger partial charge in [0.25, 0.3) is 5.92 Å². The zero-order valence-corrected chi connectivity index (χ0v) is 13.9. The van der Waals surface area contributed by atoms with E-state index in [1.54, 1.807) is 19.1 Å². The third-order valence-electron chi connectivity index (χ3n) is 3.93. The summed E-state index contributed by atoms with van der Waals surface area (Å²) in [5.41, 5.74) is 0.744. The van der Waals surface area contributed by atoms with E-state index in [0.717, 1.165) is 11.8 Å². The molecule has 8 heteroatoms. The van der Waals surface area contributed by atoms with Crippen molar-refractivity contribution in [2.45, 2.75) is 36.6 Å². The second kappa shape index (κ2) is 6.43. The van der Waals surface area contributed by atoms with Crippen molar-refractivity contribution >= 4 is 15.9 Å². The van der Waals surface area contributed by atoms with Crippen molar-refractivity contribution in [1.82, 2.24) is 10.2 Å². The van der Waals surface area contributed by atoms with Gasteiger partial charge in [0.1, 0.15) is 0 Å². The van der Waals surface area contributed by atoms with Crippen LogP contribution in [0.15, 0.2) is 29.2 Å². The number of nitrogens with one attached hydrogen (secondary N) is 1. The van der Waals surface area contributed by atoms with Gasteiger partial charge in [-0.25, -0.2) is 22.0 Å². The number of piperidine rings is 1. The van der Waals surface area contributed by atoms with Gasteiger partial charge in [0, 0.05) is 32.2 Å². The summed E-state index contributed by atoms with van der Waals surface area (Å²) in [4.78, 5) is 13.7. The van der Waals surface area contributed by atoms with Crippen molar-refractivity contribution in [3.63, 3.8) is 0 Å². The number of halogens is 2. The summed E-state index contributed by atoms with van der Waals surface area (Å²) in [5.74, 6) is -2.69. The number of sulfone groups is 1. The Bertz CT molecular complexity index is 664. The molecular formula is C15H20F2N2O3S. The molecule has 1 saturated heterocycles. The van der Waals surface area contributed by atoms with E-state index in [-0.39, 0.29) is 42.9 Å². The molecule has 1 aliphatic heterocycles. The van der Waals surface area contributed by atoms with Gasteiger partial charge < -0.3 is 10.2 Å². The number of amides is 2. The monoisotopic (exact) mass is 346 g/mol. The summed E-state index contributed by atoms with van der Waals surface area (Å²) in [5, 5.41) is 2.74. The molecule has 1 aliphatic rings. The van der Waals surface area contributed by atoms with Gasteiger partial charge >= 0.3 is 6.03 Å². The summed E-state index contributed by atoms with van der Waals surface area (Å²) >= 11 is 0. The van der Waals surface area contributed by atoms with Crippen LogP contribution in [0.4, 0.5) is 13.6 Å². The molecule has 0 aromatic heterocycles. The van der Waals surface area contributed by atoms with Crippen LogP contribution >= 0.6 is 0 Å². The molecule has 128 valence electrons. The van der Waals surface area contributed by atoms with E-state index in [4.69, 9.17) is 0 Å². The first-order chi connectivity index (χ1) is 10.6. The zero-order valence-electron chi connectivity index (χ0n) is 13.1. The topological polar surface area (TPSA) is 66.5 Å². The Morgan fingerprint density at radius 1 is 1.22 bits per heavy atom. The molecule has 1 N–H and O–H groups in total. The lowest BCUT2D eigenvalue weighted by molar-refractivity contribution is -0.0470. The average Bonchev–Trinajstić information content (AvgIpc) is 2.46. The van der Waals surface area contributed by atoms with Crippen LogP contribution in [0.1, 0.15) is 31.4 Å². The van der Waals surface area contributed by atoms with Crippen LogP contribution in [0.3, 0.4) is 0 Å². The highest BCUT2D eigenvalue weighted by Gasteiger charge is 2.35. The van der Waals surface area contributed by atoms with Crippen LogP contribution in [-0.2, 0) is 9.84 Å². The fraction of sp³-hybridized carbons (Fsp3) is 0.533. The normalized spacial score (nSPS) is 19.2. The van der Waals surface area contributed by atoms with E-state index in [0.29, 0.717) is 0 Å². The summed E-state index contributed by atoms with van der Waals surface area (Å²) in [6.07, 6.45) is 0.481. The van der Waals surface area contributed by atoms with E-state index < -0.39 is 15.8 Å². The van der Waals surface area contributed by atoms with E-state index in [1.165, 1.54) is 17.0 Å². The number of benzene rings is 1. The molecule has 0 unspecified atom stereocenters. The van der Waals surface area contributed by atoms with Gasteiger partial charge in [-0.2, -0.15) is 0 Å². The van der Waals surface area contributed by atoms with E-state index >= 15 is 0 Å². The van der Waals surface area contributed by atoms with Crippen LogP contribution in [-0.4, -0.2) is 44.6 Å². The Morgan fingerprint density at radius 3 is 2.22 bits per heavy atom. The Hall–Kier alpha value is -1.70. The Balaban J connectivity index is 1.96. The van der Waals surface area contributed by atoms with Crippen molar-refractivity contribution in [3.8, 4) is 0 Å². The van der Waals surface area contributed by atoms with Gasteiger partial charge in [-0.1, -0.05) is 12.1 Å². The maximum atomic E-state index is 13.1. The summed E-state index contributed by atoms with van der Waals surface area (Å²) in [7, 11) is -3.26. The Labute approximate surface area is 134 Å². The molecule has 1 heterocycles. The summed E-state index contributed by atoms with van der Waals surface area (Å²) in [6.45, 7) is 1.81. The molecule has 2 amide bonds. The highest BCUT2D eigenvalue weighted by Crippen LogP contribution is 2.27. The third-order valence-corrected chi connectivity index (χ3v) is 5.06. The van der Waals surface area contributed by atoms with Crippen molar-refractivity contribution in [2.24, 2.45) is 0 Å². The number of rotatable bonds is 3. The maximum absolute atomic E-state index is 13.1. The minimum atomic E-state index is -3.26. The van der Waals surface area contributed by atoms with E-state index in [2.05, 4.69) is 5.32 Å². The predicted molar refractivity (Wildman–Crippen MR) is 82.3 cm³/mol. The molecule has 0 radical (unpaired) electrons. The van der Waals surface area contributed by atoms with Crippen LogP contribution in [0.25, 0.3) is 0 Å². The quantitative estimate of drug-likeness (QED) is 0.915. The number of likely N-dealkylation sites (tertiary alicyclic amines) is 1. The molecule has 0 aliphatic carbocycles. The largest absolute Gasteiger partial charge is 0.331 e. The minimum absolute atomic E-state index is 0.0264. The van der Waals surface area contributed by atoms with Crippen LogP contribution in [0.5, 0.6) is 0 Å². The van der Waals surface area contributed by atoms with Crippen LogP contribution in [0.2, 0.25) is 0 Å². The molecule has 1 aromatic rings. The number of hydrogen-bond acceptors (Lipinski definition) is 3. The molecule has 0 spiro atoms. The average molecular weight is 346 g/mol. The van der Waals surface area contributed by atoms with E-state index in [1.807, 2.05) is 0 Å². The molecule has 1 aromatic carbocycles. The summed E-state index contributed by atoms with van der Waals surface area (Å²) in [6, 6.07) is 5.49. The smallest absolute Gasteiger partial charge is 0.317 e. The highest BCUT2D eigenvalue weighted by atomic mass is 32.2. The molecule has 23 heavy (non-hydrogen) atoms. The van der Waals surface area contributed by atoms with Crippen molar-refractivity contribution in [1.29, 1.82) is 0 Å². The molecule has 2 rings (SSSR count). The number of carbonyl (C=O) groups excluding carboxylic acids is 1. The minimum Gasteiger partial charge on any atom is -0.331 e. The fourth-order valence-corrected chi connectivity index (χ4v) is 3.03. The fourth-order valence-electron chi connectivity index (χ4n) is 2.40. The SMILES string of the molecule is C[C@H](NC(=O)N1CCC(F)(F)CC1)c1ccc(S(C)(=O)=O)cc1. The van der Waals surface area contributed by atoms with Gasteiger partial charge in [0.05, 0.1) is 10.9 Å². The van der Waals surface area contributed by atoms with Crippen LogP contribution in [0, 0.1) is 0 Å². The van der Waals surface area contributed by atoms with Gasteiger partial charge in [-0.3, -0.25) is 0 Å². The number of carbonyl (C=O) groups is 1. The number of urea groups is 1. The van der Waals surface area contributed by atoms with Crippen LogP contribution < -0.4 is 5.32 Å². The lowest BCUT2D eigenvalue weighted by atomic mass is 10.1. The van der Waals surface area contributed by atoms with Crippen molar-refractivity contribution < 1.29 is 22.0 Å². The third kappa shape index (κ3) is 4.63. The summed E-state index contributed by atoms with van der Waals surface area (Å²) < 4.78 is 49.0. The maximum Gasteiger partial charge on any atom is 0.317 e. The number of alkyl halides is 2. The van der Waals surface area contributed by atoms with Crippen molar-refractivity contribution in [2.75, 3.05) is 19.3 Å². The molecule has 5 nitrogen and oxygen atoms in total.